The first-order valence-electron chi connectivity index (χ1n) is 6.65. The van der Waals surface area contributed by atoms with Crippen LogP contribution in [0, 0.1) is 0 Å². The van der Waals surface area contributed by atoms with Gasteiger partial charge in [-0.2, -0.15) is 0 Å². The summed E-state index contributed by atoms with van der Waals surface area (Å²) < 4.78 is 33.0. The molecule has 6 nitrogen and oxygen atoms in total. The topological polar surface area (TPSA) is 85.6 Å². The molecule has 1 amide bonds. The summed E-state index contributed by atoms with van der Waals surface area (Å²) in [7, 11) is -3.47. The highest BCUT2D eigenvalue weighted by molar-refractivity contribution is 7.90. The second kappa shape index (κ2) is 5.26. The molecule has 3 rings (SSSR count). The van der Waals surface area contributed by atoms with E-state index in [1.165, 1.54) is 6.07 Å². The molecule has 22 heavy (non-hydrogen) atoms. The fraction of sp³-hybridized carbons (Fsp3) is 0.267. The van der Waals surface area contributed by atoms with Gasteiger partial charge in [-0.15, -0.1) is 0 Å². The van der Waals surface area contributed by atoms with E-state index in [9.17, 15) is 13.2 Å². The van der Waals surface area contributed by atoms with Crippen LogP contribution >= 0.6 is 0 Å². The van der Waals surface area contributed by atoms with Crippen LogP contribution in [0.1, 0.15) is 15.9 Å². The average Bonchev–Trinajstić information content (AvgIpc) is 2.93. The summed E-state index contributed by atoms with van der Waals surface area (Å²) in [5.74, 6) is -0.397. The van der Waals surface area contributed by atoms with Gasteiger partial charge in [-0.05, 0) is 5.56 Å². The van der Waals surface area contributed by atoms with Crippen LogP contribution < -0.4 is 5.32 Å². The molecule has 0 unspecified atom stereocenters. The third kappa shape index (κ3) is 2.65. The molecule has 7 heteroatoms. The van der Waals surface area contributed by atoms with Crippen LogP contribution in [-0.2, 0) is 20.1 Å². The zero-order valence-corrected chi connectivity index (χ0v) is 12.7. The molecule has 0 bridgehead atoms. The van der Waals surface area contributed by atoms with Crippen molar-refractivity contribution in [3.63, 3.8) is 0 Å². The number of ether oxygens (including phenoxy) is 1. The molecule has 0 aliphatic carbocycles. The number of rotatable bonds is 4. The van der Waals surface area contributed by atoms with Gasteiger partial charge in [-0.1, -0.05) is 30.3 Å². The van der Waals surface area contributed by atoms with E-state index in [0.29, 0.717) is 13.2 Å². The van der Waals surface area contributed by atoms with Crippen LogP contribution in [0.5, 0.6) is 0 Å². The van der Waals surface area contributed by atoms with Crippen molar-refractivity contribution in [1.29, 1.82) is 0 Å². The molecule has 1 aliphatic rings. The smallest absolute Gasteiger partial charge is 0.255 e. The van der Waals surface area contributed by atoms with Gasteiger partial charge in [0.2, 0.25) is 14.9 Å². The molecule has 0 saturated carbocycles. The van der Waals surface area contributed by atoms with Gasteiger partial charge in [0.15, 0.2) is 0 Å². The molecular weight excluding hydrogens is 306 g/mol. The lowest BCUT2D eigenvalue weighted by molar-refractivity contribution is -0.0734. The Morgan fingerprint density at radius 2 is 1.91 bits per heavy atom. The van der Waals surface area contributed by atoms with Crippen molar-refractivity contribution < 1.29 is 22.4 Å². The van der Waals surface area contributed by atoms with E-state index in [2.05, 4.69) is 5.32 Å². The van der Waals surface area contributed by atoms with Crippen LogP contribution in [0.4, 0.5) is 0 Å². The summed E-state index contributed by atoms with van der Waals surface area (Å²) in [5, 5.41) is 2.68. The third-order valence-electron chi connectivity index (χ3n) is 3.58. The van der Waals surface area contributed by atoms with Gasteiger partial charge in [0.25, 0.3) is 5.91 Å². The van der Waals surface area contributed by atoms with Crippen molar-refractivity contribution in [2.75, 3.05) is 19.5 Å². The zero-order chi connectivity index (χ0) is 15.8. The highest BCUT2D eigenvalue weighted by atomic mass is 32.2. The molecular formula is C15H15NO5S. The van der Waals surface area contributed by atoms with E-state index in [0.717, 1.165) is 18.1 Å². The van der Waals surface area contributed by atoms with Gasteiger partial charge >= 0.3 is 0 Å². The molecule has 1 aliphatic heterocycles. The molecule has 116 valence electrons. The summed E-state index contributed by atoms with van der Waals surface area (Å²) in [6, 6.07) is 10.7. The zero-order valence-electron chi connectivity index (χ0n) is 11.9. The minimum absolute atomic E-state index is 0.169. The minimum Gasteiger partial charge on any atom is -0.452 e. The first-order valence-corrected chi connectivity index (χ1v) is 8.54. The summed E-state index contributed by atoms with van der Waals surface area (Å²) in [5.41, 5.74) is 0.532. The summed E-state index contributed by atoms with van der Waals surface area (Å²) >= 11 is 0. The molecule has 1 aromatic heterocycles. The molecule has 1 saturated heterocycles. The Morgan fingerprint density at radius 1 is 1.23 bits per heavy atom. The predicted molar refractivity (Wildman–Crippen MR) is 78.2 cm³/mol. The number of carbonyl (C=O) groups is 1. The highest BCUT2D eigenvalue weighted by Crippen LogP contribution is 2.30. The molecule has 2 aromatic rings. The van der Waals surface area contributed by atoms with Crippen LogP contribution in [0.15, 0.2) is 52.2 Å². The van der Waals surface area contributed by atoms with Crippen molar-refractivity contribution in [3.8, 4) is 0 Å². The van der Waals surface area contributed by atoms with Crippen molar-refractivity contribution in [1.82, 2.24) is 5.32 Å². The van der Waals surface area contributed by atoms with Gasteiger partial charge in [0.1, 0.15) is 11.8 Å². The largest absolute Gasteiger partial charge is 0.452 e. The van der Waals surface area contributed by atoms with E-state index in [1.54, 1.807) is 0 Å². The number of furan rings is 1. The van der Waals surface area contributed by atoms with Crippen LogP contribution in [0.2, 0.25) is 0 Å². The van der Waals surface area contributed by atoms with Gasteiger partial charge < -0.3 is 14.5 Å². The third-order valence-corrected chi connectivity index (χ3v) is 4.52. The van der Waals surface area contributed by atoms with E-state index < -0.39 is 21.3 Å². The van der Waals surface area contributed by atoms with Gasteiger partial charge in [-0.25, -0.2) is 8.42 Å². The minimum atomic E-state index is -3.47. The summed E-state index contributed by atoms with van der Waals surface area (Å²) in [6.07, 6.45) is 2.17. The van der Waals surface area contributed by atoms with E-state index in [4.69, 9.17) is 9.15 Å². The Balaban J connectivity index is 1.83. The van der Waals surface area contributed by atoms with E-state index in [1.807, 2.05) is 30.3 Å². The Morgan fingerprint density at radius 3 is 2.41 bits per heavy atom. The van der Waals surface area contributed by atoms with Gasteiger partial charge in [-0.3, -0.25) is 4.79 Å². The molecule has 1 fully saturated rings. The Bertz CT molecular complexity index is 790. The number of benzene rings is 1. The maximum absolute atomic E-state index is 12.3. The number of carbonyl (C=O) groups excluding carboxylic acids is 1. The van der Waals surface area contributed by atoms with E-state index >= 15 is 0 Å². The predicted octanol–water partition coefficient (Wildman–Crippen LogP) is 1.34. The number of hydrogen-bond acceptors (Lipinski definition) is 5. The molecule has 0 atom stereocenters. The maximum atomic E-state index is 12.3. The average molecular weight is 321 g/mol. The van der Waals surface area contributed by atoms with Crippen LogP contribution in [0.25, 0.3) is 0 Å². The highest BCUT2D eigenvalue weighted by Gasteiger charge is 2.42. The normalized spacial score (nSPS) is 16.8. The Hall–Kier alpha value is -2.12. The number of hydrogen-bond donors (Lipinski definition) is 1. The van der Waals surface area contributed by atoms with Crippen molar-refractivity contribution >= 4 is 15.7 Å². The van der Waals surface area contributed by atoms with Crippen LogP contribution in [0.3, 0.4) is 0 Å². The molecule has 0 spiro atoms. The Kier molecular flexibility index (Phi) is 3.54. The lowest BCUT2D eigenvalue weighted by Gasteiger charge is -2.42. The van der Waals surface area contributed by atoms with Crippen molar-refractivity contribution in [2.24, 2.45) is 0 Å². The van der Waals surface area contributed by atoms with E-state index in [-0.39, 0.29) is 10.7 Å². The van der Waals surface area contributed by atoms with Gasteiger partial charge in [0, 0.05) is 12.3 Å². The standard InChI is InChI=1S/C15H15NO5S/c1-22(18,19)13-7-11(8-21-13)14(17)16-15(9-20-10-15)12-5-3-2-4-6-12/h2-8H,9-10H2,1H3,(H,16,17). The maximum Gasteiger partial charge on any atom is 0.255 e. The molecule has 0 radical (unpaired) electrons. The van der Waals surface area contributed by atoms with Crippen LogP contribution in [-0.4, -0.2) is 33.8 Å². The number of nitrogens with one attached hydrogen (secondary N) is 1. The van der Waals surface area contributed by atoms with Crippen molar-refractivity contribution in [3.05, 3.63) is 53.8 Å². The first kappa shape index (κ1) is 14.8. The fourth-order valence-corrected chi connectivity index (χ4v) is 2.86. The SMILES string of the molecule is CS(=O)(=O)c1cc(C(=O)NC2(c3ccccc3)COC2)co1. The molecule has 1 aromatic carbocycles. The second-order valence-electron chi connectivity index (χ2n) is 5.32. The monoisotopic (exact) mass is 321 g/mol. The summed E-state index contributed by atoms with van der Waals surface area (Å²) in [6.45, 7) is 0.749. The number of amides is 1. The Labute approximate surface area is 128 Å². The summed E-state index contributed by atoms with van der Waals surface area (Å²) in [4.78, 5) is 12.3. The fourth-order valence-electron chi connectivity index (χ4n) is 2.29. The second-order valence-corrected chi connectivity index (χ2v) is 7.27. The first-order chi connectivity index (χ1) is 10.4. The lowest BCUT2D eigenvalue weighted by Crippen LogP contribution is -2.59. The number of sulfone groups is 1. The lowest BCUT2D eigenvalue weighted by atomic mass is 9.87. The van der Waals surface area contributed by atoms with Gasteiger partial charge in [0.05, 0.1) is 18.8 Å². The molecule has 2 heterocycles. The van der Waals surface area contributed by atoms with Crippen molar-refractivity contribution in [2.45, 2.75) is 10.6 Å². The quantitative estimate of drug-likeness (QED) is 0.918. The molecule has 1 N–H and O–H groups in total.